The van der Waals surface area contributed by atoms with Crippen molar-refractivity contribution in [3.8, 4) is 16.9 Å². The van der Waals surface area contributed by atoms with Crippen LogP contribution in [-0.2, 0) is 0 Å². The highest BCUT2D eigenvalue weighted by Gasteiger charge is 2.11. The lowest BCUT2D eigenvalue weighted by Gasteiger charge is -2.03. The van der Waals surface area contributed by atoms with Gasteiger partial charge in [-0.25, -0.2) is 9.98 Å². The molecular formula is C19H13N3OS. The number of aromatic nitrogens is 2. The predicted octanol–water partition coefficient (Wildman–Crippen LogP) is 4.81. The summed E-state index contributed by atoms with van der Waals surface area (Å²) in [4.78, 5) is 13.1. The maximum atomic E-state index is 10.0. The Hall–Kier alpha value is -3.05. The topological polar surface area (TPSA) is 58.4 Å². The van der Waals surface area contributed by atoms with Gasteiger partial charge in [0.1, 0.15) is 5.75 Å². The summed E-state index contributed by atoms with van der Waals surface area (Å²) in [6.07, 6.45) is 5.22. The number of phenolic OH excluding ortho intramolecular Hbond substituents is 1. The molecule has 1 N–H and O–H groups in total. The zero-order valence-corrected chi connectivity index (χ0v) is 13.4. The quantitative estimate of drug-likeness (QED) is 0.548. The Morgan fingerprint density at radius 1 is 1.04 bits per heavy atom. The number of phenols is 1. The van der Waals surface area contributed by atoms with E-state index in [2.05, 4.69) is 15.0 Å². The van der Waals surface area contributed by atoms with Crippen molar-refractivity contribution in [3.05, 3.63) is 72.6 Å². The molecule has 0 amide bonds. The van der Waals surface area contributed by atoms with Gasteiger partial charge in [0.05, 0.1) is 10.2 Å². The fourth-order valence-electron chi connectivity index (χ4n) is 2.48. The lowest BCUT2D eigenvalue weighted by atomic mass is 10.0. The Kier molecular flexibility index (Phi) is 3.76. The highest BCUT2D eigenvalue weighted by atomic mass is 32.1. The first-order valence-electron chi connectivity index (χ1n) is 7.43. The van der Waals surface area contributed by atoms with Crippen LogP contribution in [0.15, 0.2) is 72.0 Å². The summed E-state index contributed by atoms with van der Waals surface area (Å²) in [7, 11) is 0. The third-order valence-corrected chi connectivity index (χ3v) is 4.47. The summed E-state index contributed by atoms with van der Waals surface area (Å²) in [5, 5.41) is 10.7. The number of fused-ring (bicyclic) bond motifs is 1. The second-order valence-corrected chi connectivity index (χ2v) is 6.26. The predicted molar refractivity (Wildman–Crippen MR) is 98.2 cm³/mol. The van der Waals surface area contributed by atoms with E-state index < -0.39 is 0 Å². The van der Waals surface area contributed by atoms with Crippen molar-refractivity contribution >= 4 is 32.9 Å². The molecule has 0 saturated carbocycles. The zero-order chi connectivity index (χ0) is 16.4. The summed E-state index contributed by atoms with van der Waals surface area (Å²) in [6, 6.07) is 17.2. The Morgan fingerprint density at radius 3 is 2.71 bits per heavy atom. The third-order valence-electron chi connectivity index (χ3n) is 3.56. The Labute approximate surface area is 142 Å². The van der Waals surface area contributed by atoms with Crippen LogP contribution >= 0.6 is 11.3 Å². The fourth-order valence-corrected chi connectivity index (χ4v) is 3.35. The van der Waals surface area contributed by atoms with Crippen LogP contribution in [0, 0.1) is 0 Å². The number of aromatic hydroxyl groups is 1. The zero-order valence-electron chi connectivity index (χ0n) is 12.6. The molecule has 4 rings (SSSR count). The van der Waals surface area contributed by atoms with Crippen molar-refractivity contribution in [1.82, 2.24) is 9.97 Å². The molecule has 0 atom stereocenters. The van der Waals surface area contributed by atoms with Crippen LogP contribution in [0.5, 0.6) is 5.75 Å². The molecule has 2 aromatic carbocycles. The molecule has 4 nitrogen and oxygen atoms in total. The Balaban J connectivity index is 1.79. The van der Waals surface area contributed by atoms with Crippen LogP contribution in [0.1, 0.15) is 5.56 Å². The van der Waals surface area contributed by atoms with E-state index in [0.29, 0.717) is 5.13 Å². The number of aliphatic imine (C=N–C) groups is 1. The van der Waals surface area contributed by atoms with Gasteiger partial charge in [-0.05, 0) is 23.8 Å². The molecule has 24 heavy (non-hydrogen) atoms. The molecule has 0 aliphatic carbocycles. The minimum Gasteiger partial charge on any atom is -0.508 e. The first-order valence-corrected chi connectivity index (χ1v) is 8.24. The van der Waals surface area contributed by atoms with Gasteiger partial charge < -0.3 is 5.11 Å². The molecule has 0 aliphatic heterocycles. The van der Waals surface area contributed by atoms with Crippen LogP contribution in [0.3, 0.4) is 0 Å². The lowest BCUT2D eigenvalue weighted by Crippen LogP contribution is -1.81. The summed E-state index contributed by atoms with van der Waals surface area (Å²) < 4.78 is 0.909. The standard InChI is InChI=1S/C19H13N3OS/c23-15-9-16(14-6-2-1-3-7-14)18-17(10-15)24-19(22-18)21-12-13-5-4-8-20-11-13/h1-12,23H/b21-12+. The van der Waals surface area contributed by atoms with Gasteiger partial charge in [-0.15, -0.1) is 0 Å². The van der Waals surface area contributed by atoms with Crippen molar-refractivity contribution in [2.45, 2.75) is 0 Å². The third kappa shape index (κ3) is 2.89. The molecule has 0 bridgehead atoms. The number of benzene rings is 2. The smallest absolute Gasteiger partial charge is 0.210 e. The maximum absolute atomic E-state index is 10.0. The molecular weight excluding hydrogens is 318 g/mol. The van der Waals surface area contributed by atoms with Crippen molar-refractivity contribution in [3.63, 3.8) is 0 Å². The maximum Gasteiger partial charge on any atom is 0.210 e. The van der Waals surface area contributed by atoms with Crippen molar-refractivity contribution in [1.29, 1.82) is 0 Å². The van der Waals surface area contributed by atoms with Crippen LogP contribution in [0.25, 0.3) is 21.3 Å². The Morgan fingerprint density at radius 2 is 1.92 bits per heavy atom. The van der Waals surface area contributed by atoms with Gasteiger partial charge in [0.25, 0.3) is 0 Å². The summed E-state index contributed by atoms with van der Waals surface area (Å²) in [5.41, 5.74) is 3.70. The summed E-state index contributed by atoms with van der Waals surface area (Å²) in [6.45, 7) is 0. The van der Waals surface area contributed by atoms with Gasteiger partial charge in [-0.2, -0.15) is 0 Å². The van der Waals surface area contributed by atoms with E-state index in [1.165, 1.54) is 11.3 Å². The molecule has 5 heteroatoms. The molecule has 4 aromatic rings. The molecule has 0 aliphatic rings. The number of hydrogen-bond acceptors (Lipinski definition) is 5. The average molecular weight is 331 g/mol. The van der Waals surface area contributed by atoms with E-state index in [1.807, 2.05) is 42.5 Å². The average Bonchev–Trinajstić information content (AvgIpc) is 3.03. The number of hydrogen-bond donors (Lipinski definition) is 1. The van der Waals surface area contributed by atoms with Gasteiger partial charge in [-0.3, -0.25) is 4.98 Å². The van der Waals surface area contributed by atoms with E-state index in [1.54, 1.807) is 30.7 Å². The van der Waals surface area contributed by atoms with Crippen LogP contribution in [0.2, 0.25) is 0 Å². The first-order chi connectivity index (χ1) is 11.8. The van der Waals surface area contributed by atoms with Gasteiger partial charge in [-0.1, -0.05) is 47.7 Å². The monoisotopic (exact) mass is 331 g/mol. The van der Waals surface area contributed by atoms with Crippen LogP contribution in [0.4, 0.5) is 5.13 Å². The van der Waals surface area contributed by atoms with Crippen molar-refractivity contribution < 1.29 is 5.11 Å². The minimum absolute atomic E-state index is 0.229. The van der Waals surface area contributed by atoms with Gasteiger partial charge >= 0.3 is 0 Å². The largest absolute Gasteiger partial charge is 0.508 e. The highest BCUT2D eigenvalue weighted by molar-refractivity contribution is 7.22. The number of rotatable bonds is 3. The summed E-state index contributed by atoms with van der Waals surface area (Å²) >= 11 is 1.45. The van der Waals surface area contributed by atoms with Crippen molar-refractivity contribution in [2.24, 2.45) is 4.99 Å². The molecule has 0 unspecified atom stereocenters. The number of pyridine rings is 1. The van der Waals surface area contributed by atoms with Crippen LogP contribution in [-0.4, -0.2) is 21.3 Å². The summed E-state index contributed by atoms with van der Waals surface area (Å²) in [5.74, 6) is 0.229. The van der Waals surface area contributed by atoms with Crippen LogP contribution < -0.4 is 0 Å². The lowest BCUT2D eigenvalue weighted by molar-refractivity contribution is 0.476. The molecule has 2 heterocycles. The first kappa shape index (κ1) is 14.5. The Bertz CT molecular complexity index is 1010. The van der Waals surface area contributed by atoms with Crippen molar-refractivity contribution in [2.75, 3.05) is 0 Å². The second-order valence-electron chi connectivity index (χ2n) is 5.25. The van der Waals surface area contributed by atoms with E-state index >= 15 is 0 Å². The number of nitrogens with zero attached hydrogens (tertiary/aromatic N) is 3. The normalized spacial score (nSPS) is 11.3. The highest BCUT2D eigenvalue weighted by Crippen LogP contribution is 2.37. The van der Waals surface area contributed by atoms with E-state index in [-0.39, 0.29) is 5.75 Å². The van der Waals surface area contributed by atoms with E-state index in [4.69, 9.17) is 0 Å². The number of thiazole rings is 1. The van der Waals surface area contributed by atoms with Gasteiger partial charge in [0.15, 0.2) is 0 Å². The van der Waals surface area contributed by atoms with Gasteiger partial charge in [0, 0.05) is 29.7 Å². The second kappa shape index (κ2) is 6.22. The molecule has 116 valence electrons. The van der Waals surface area contributed by atoms with E-state index in [9.17, 15) is 5.11 Å². The minimum atomic E-state index is 0.229. The SMILES string of the molecule is Oc1cc(-c2ccccc2)c2nc(/N=C/c3cccnc3)sc2c1. The molecule has 0 fully saturated rings. The molecule has 2 aromatic heterocycles. The van der Waals surface area contributed by atoms with Gasteiger partial charge in [0.2, 0.25) is 5.13 Å². The molecule has 0 spiro atoms. The fraction of sp³-hybridized carbons (Fsp3) is 0. The molecule has 0 saturated heterocycles. The van der Waals surface area contributed by atoms with E-state index in [0.717, 1.165) is 26.9 Å². The molecule has 0 radical (unpaired) electrons.